The van der Waals surface area contributed by atoms with E-state index < -0.39 is 6.10 Å². The maximum Gasteiger partial charge on any atom is 0.128 e. The van der Waals surface area contributed by atoms with Gasteiger partial charge in [-0.2, -0.15) is 5.10 Å². The first-order chi connectivity index (χ1) is 9.19. The molecule has 0 saturated carbocycles. The largest absolute Gasteiger partial charge is 0.497 e. The van der Waals surface area contributed by atoms with E-state index in [1.165, 1.54) is 0 Å². The molecule has 1 N–H and O–H groups in total. The number of aliphatic hydroxyl groups excluding tert-OH is 1. The molecule has 0 aliphatic carbocycles. The van der Waals surface area contributed by atoms with E-state index in [2.05, 4.69) is 5.10 Å². The number of methoxy groups -OCH3 is 2. The van der Waals surface area contributed by atoms with Crippen molar-refractivity contribution in [2.45, 2.75) is 19.6 Å². The predicted molar refractivity (Wildman–Crippen MR) is 71.5 cm³/mol. The molecule has 0 amide bonds. The lowest BCUT2D eigenvalue weighted by atomic mass is 10.0. The van der Waals surface area contributed by atoms with Crippen molar-refractivity contribution in [1.82, 2.24) is 9.78 Å². The Morgan fingerprint density at radius 1 is 1.32 bits per heavy atom. The van der Waals surface area contributed by atoms with Gasteiger partial charge in [-0.1, -0.05) is 0 Å². The van der Waals surface area contributed by atoms with Crippen molar-refractivity contribution < 1.29 is 14.6 Å². The normalized spacial score (nSPS) is 12.2. The Hall–Kier alpha value is -2.01. The van der Waals surface area contributed by atoms with E-state index in [1.54, 1.807) is 43.3 Å². The van der Waals surface area contributed by atoms with E-state index in [0.29, 0.717) is 17.1 Å². The number of nitrogens with zero attached hydrogens (tertiary/aromatic N) is 2. The van der Waals surface area contributed by atoms with E-state index in [9.17, 15) is 5.11 Å². The highest BCUT2D eigenvalue weighted by Crippen LogP contribution is 2.32. The number of hydrogen-bond donors (Lipinski definition) is 1. The highest BCUT2D eigenvalue weighted by molar-refractivity contribution is 5.44. The summed E-state index contributed by atoms with van der Waals surface area (Å²) < 4.78 is 12.2. The smallest absolute Gasteiger partial charge is 0.128 e. The van der Waals surface area contributed by atoms with Crippen molar-refractivity contribution in [3.8, 4) is 11.5 Å². The van der Waals surface area contributed by atoms with Gasteiger partial charge in [0.15, 0.2) is 0 Å². The van der Waals surface area contributed by atoms with E-state index in [-0.39, 0.29) is 0 Å². The van der Waals surface area contributed by atoms with Gasteiger partial charge in [0.05, 0.1) is 20.4 Å². The van der Waals surface area contributed by atoms with Crippen molar-refractivity contribution >= 4 is 0 Å². The lowest BCUT2D eigenvalue weighted by Crippen LogP contribution is -2.02. The van der Waals surface area contributed by atoms with Gasteiger partial charge in [0.25, 0.3) is 0 Å². The summed E-state index contributed by atoms with van der Waals surface area (Å²) in [7, 11) is 3.16. The van der Waals surface area contributed by atoms with Gasteiger partial charge in [0, 0.05) is 29.9 Å². The van der Waals surface area contributed by atoms with Crippen LogP contribution in [0.2, 0.25) is 0 Å². The van der Waals surface area contributed by atoms with E-state index in [1.807, 2.05) is 13.1 Å². The van der Waals surface area contributed by atoms with Crippen molar-refractivity contribution in [2.24, 2.45) is 0 Å². The van der Waals surface area contributed by atoms with Crippen molar-refractivity contribution in [2.75, 3.05) is 14.2 Å². The van der Waals surface area contributed by atoms with Crippen LogP contribution >= 0.6 is 0 Å². The maximum absolute atomic E-state index is 10.4. The second-order valence-electron chi connectivity index (χ2n) is 4.14. The zero-order chi connectivity index (χ0) is 13.8. The summed E-state index contributed by atoms with van der Waals surface area (Å²) in [6.45, 7) is 2.77. The Labute approximate surface area is 112 Å². The molecule has 2 rings (SSSR count). The molecule has 1 atom stereocenters. The molecule has 0 aliphatic heterocycles. The molecule has 0 fully saturated rings. The SMILES string of the molecule is CCn1cc(C(O)c2ccc(OC)cc2OC)cn1. The molecule has 1 aromatic carbocycles. The second-order valence-corrected chi connectivity index (χ2v) is 4.14. The fourth-order valence-corrected chi connectivity index (χ4v) is 1.92. The Kier molecular flexibility index (Phi) is 4.06. The number of aliphatic hydroxyl groups is 1. The third-order valence-corrected chi connectivity index (χ3v) is 3.03. The van der Waals surface area contributed by atoms with Crippen LogP contribution in [-0.4, -0.2) is 29.1 Å². The molecule has 0 aliphatic rings. The third-order valence-electron chi connectivity index (χ3n) is 3.03. The van der Waals surface area contributed by atoms with Gasteiger partial charge in [0.1, 0.15) is 17.6 Å². The Morgan fingerprint density at radius 2 is 2.11 bits per heavy atom. The van der Waals surface area contributed by atoms with Gasteiger partial charge in [-0.3, -0.25) is 4.68 Å². The highest BCUT2D eigenvalue weighted by atomic mass is 16.5. The minimum Gasteiger partial charge on any atom is -0.497 e. The molecule has 0 saturated heterocycles. The number of rotatable bonds is 5. The quantitative estimate of drug-likeness (QED) is 0.895. The van der Waals surface area contributed by atoms with Crippen LogP contribution in [0.15, 0.2) is 30.6 Å². The molecule has 102 valence electrons. The summed E-state index contributed by atoms with van der Waals surface area (Å²) in [4.78, 5) is 0. The van der Waals surface area contributed by atoms with E-state index >= 15 is 0 Å². The molecule has 0 spiro atoms. The van der Waals surface area contributed by atoms with Gasteiger partial charge >= 0.3 is 0 Å². The maximum atomic E-state index is 10.4. The molecule has 2 aromatic rings. The molecule has 1 unspecified atom stereocenters. The van der Waals surface area contributed by atoms with Gasteiger partial charge in [-0.25, -0.2) is 0 Å². The van der Waals surface area contributed by atoms with E-state index in [0.717, 1.165) is 12.1 Å². The Morgan fingerprint density at radius 3 is 2.68 bits per heavy atom. The summed E-state index contributed by atoms with van der Waals surface area (Å²) in [6, 6.07) is 5.35. The van der Waals surface area contributed by atoms with Crippen LogP contribution in [0.3, 0.4) is 0 Å². The number of hydrogen-bond acceptors (Lipinski definition) is 4. The molecule has 5 heteroatoms. The molecular weight excluding hydrogens is 244 g/mol. The molecule has 19 heavy (non-hydrogen) atoms. The number of aryl methyl sites for hydroxylation is 1. The molecule has 1 aromatic heterocycles. The van der Waals surface area contributed by atoms with Crippen LogP contribution in [0, 0.1) is 0 Å². The molecule has 1 heterocycles. The first kappa shape index (κ1) is 13.4. The van der Waals surface area contributed by atoms with Gasteiger partial charge in [-0.15, -0.1) is 0 Å². The van der Waals surface area contributed by atoms with Gasteiger partial charge < -0.3 is 14.6 Å². The van der Waals surface area contributed by atoms with Gasteiger partial charge in [0.2, 0.25) is 0 Å². The first-order valence-corrected chi connectivity index (χ1v) is 6.12. The predicted octanol–water partition coefficient (Wildman–Crippen LogP) is 2.00. The average Bonchev–Trinajstić information content (AvgIpc) is 2.94. The number of benzene rings is 1. The summed E-state index contributed by atoms with van der Waals surface area (Å²) in [5.74, 6) is 1.29. The Bertz CT molecular complexity index is 551. The number of aromatic nitrogens is 2. The average molecular weight is 262 g/mol. The topological polar surface area (TPSA) is 56.5 Å². The molecule has 0 bridgehead atoms. The summed E-state index contributed by atoms with van der Waals surface area (Å²) in [5, 5.41) is 14.6. The number of ether oxygens (including phenoxy) is 2. The van der Waals surface area contributed by atoms with Crippen LogP contribution in [0.1, 0.15) is 24.2 Å². The first-order valence-electron chi connectivity index (χ1n) is 6.12. The molecule has 0 radical (unpaired) electrons. The Balaban J connectivity index is 2.34. The second kappa shape index (κ2) is 5.75. The van der Waals surface area contributed by atoms with Crippen molar-refractivity contribution in [1.29, 1.82) is 0 Å². The summed E-state index contributed by atoms with van der Waals surface area (Å²) >= 11 is 0. The highest BCUT2D eigenvalue weighted by Gasteiger charge is 2.17. The van der Waals surface area contributed by atoms with Crippen molar-refractivity contribution in [3.63, 3.8) is 0 Å². The lowest BCUT2D eigenvalue weighted by Gasteiger charge is -2.14. The van der Waals surface area contributed by atoms with E-state index in [4.69, 9.17) is 9.47 Å². The van der Waals surface area contributed by atoms with Crippen LogP contribution < -0.4 is 9.47 Å². The van der Waals surface area contributed by atoms with Crippen LogP contribution in [0.25, 0.3) is 0 Å². The van der Waals surface area contributed by atoms with Crippen LogP contribution in [0.5, 0.6) is 11.5 Å². The zero-order valence-corrected chi connectivity index (χ0v) is 11.3. The fourth-order valence-electron chi connectivity index (χ4n) is 1.92. The monoisotopic (exact) mass is 262 g/mol. The standard InChI is InChI=1S/C14H18N2O3/c1-4-16-9-10(8-15-16)14(17)12-6-5-11(18-2)7-13(12)19-3/h5-9,14,17H,4H2,1-3H3. The van der Waals surface area contributed by atoms with Crippen LogP contribution in [-0.2, 0) is 6.54 Å². The van der Waals surface area contributed by atoms with Crippen molar-refractivity contribution in [3.05, 3.63) is 41.7 Å². The third kappa shape index (κ3) is 2.71. The summed E-state index contributed by atoms with van der Waals surface area (Å²) in [5.41, 5.74) is 1.43. The summed E-state index contributed by atoms with van der Waals surface area (Å²) in [6.07, 6.45) is 2.73. The van der Waals surface area contributed by atoms with Gasteiger partial charge in [-0.05, 0) is 19.1 Å². The molecular formula is C14H18N2O3. The minimum atomic E-state index is -0.763. The zero-order valence-electron chi connectivity index (χ0n) is 11.3. The lowest BCUT2D eigenvalue weighted by molar-refractivity contribution is 0.214. The minimum absolute atomic E-state index is 0.594. The molecule has 5 nitrogen and oxygen atoms in total. The van der Waals surface area contributed by atoms with Crippen LogP contribution in [0.4, 0.5) is 0 Å². The fraction of sp³-hybridized carbons (Fsp3) is 0.357.